The van der Waals surface area contributed by atoms with E-state index in [9.17, 15) is 13.2 Å². The maximum atomic E-state index is 12.6. The molecule has 3 heterocycles. The van der Waals surface area contributed by atoms with Crippen molar-refractivity contribution in [2.24, 2.45) is 0 Å². The van der Waals surface area contributed by atoms with E-state index >= 15 is 0 Å². The summed E-state index contributed by atoms with van der Waals surface area (Å²) in [6, 6.07) is 3.44. The number of hydrogen-bond acceptors (Lipinski definition) is 9. The highest BCUT2D eigenvalue weighted by atomic mass is 32.2. The van der Waals surface area contributed by atoms with Crippen LogP contribution in [-0.4, -0.2) is 59.3 Å². The second kappa shape index (κ2) is 7.97. The highest BCUT2D eigenvalue weighted by Crippen LogP contribution is 2.30. The molecule has 3 rings (SSSR count). The zero-order chi connectivity index (χ0) is 18.7. The predicted molar refractivity (Wildman–Crippen MR) is 101 cm³/mol. The first-order valence-corrected chi connectivity index (χ1v) is 11.6. The van der Waals surface area contributed by atoms with Crippen molar-refractivity contribution in [1.29, 1.82) is 0 Å². The Bertz CT molecular complexity index is 850. The van der Waals surface area contributed by atoms with Crippen molar-refractivity contribution < 1.29 is 17.6 Å². The molecule has 0 radical (unpaired) electrons. The molecule has 0 saturated carbocycles. The summed E-state index contributed by atoms with van der Waals surface area (Å²) in [4.78, 5) is 14.1. The number of furan rings is 1. The first kappa shape index (κ1) is 19.2. The van der Waals surface area contributed by atoms with Gasteiger partial charge in [-0.2, -0.15) is 0 Å². The summed E-state index contributed by atoms with van der Waals surface area (Å²) in [5.74, 6) is 0.896. The van der Waals surface area contributed by atoms with Crippen molar-refractivity contribution in [2.45, 2.75) is 35.5 Å². The van der Waals surface area contributed by atoms with E-state index in [1.807, 2.05) is 12.1 Å². The SMILES string of the molecule is C[C@@H](Sc1nnc(NCc2ccco2)s1)C(=O)N(C)[C@H]1CCS(=O)(=O)C1. The molecular formula is C15H20N4O4S3. The van der Waals surface area contributed by atoms with Crippen LogP contribution in [0.3, 0.4) is 0 Å². The Labute approximate surface area is 160 Å². The molecule has 0 bridgehead atoms. The number of amides is 1. The number of carbonyl (C=O) groups excluding carboxylic acids is 1. The summed E-state index contributed by atoms with van der Waals surface area (Å²) in [5, 5.41) is 11.6. The van der Waals surface area contributed by atoms with E-state index in [2.05, 4.69) is 15.5 Å². The summed E-state index contributed by atoms with van der Waals surface area (Å²) in [7, 11) is -1.35. The lowest BCUT2D eigenvalue weighted by atomic mass is 10.2. The fraction of sp³-hybridized carbons (Fsp3) is 0.533. The van der Waals surface area contributed by atoms with Crippen LogP contribution in [0.1, 0.15) is 19.1 Å². The molecule has 1 aliphatic rings. The topological polar surface area (TPSA) is 105 Å². The third kappa shape index (κ3) is 4.77. The number of thioether (sulfide) groups is 1. The fourth-order valence-electron chi connectivity index (χ4n) is 2.65. The molecule has 142 valence electrons. The van der Waals surface area contributed by atoms with Crippen LogP contribution in [0.25, 0.3) is 0 Å². The summed E-state index contributed by atoms with van der Waals surface area (Å²) in [6.07, 6.45) is 2.11. The molecule has 0 aromatic carbocycles. The van der Waals surface area contributed by atoms with Crippen LogP contribution in [0.15, 0.2) is 27.2 Å². The van der Waals surface area contributed by atoms with Crippen molar-refractivity contribution in [3.63, 3.8) is 0 Å². The van der Waals surface area contributed by atoms with Crippen molar-refractivity contribution >= 4 is 44.0 Å². The van der Waals surface area contributed by atoms with Gasteiger partial charge in [-0.15, -0.1) is 10.2 Å². The van der Waals surface area contributed by atoms with Crippen LogP contribution in [0.5, 0.6) is 0 Å². The van der Waals surface area contributed by atoms with Crippen LogP contribution < -0.4 is 5.32 Å². The normalized spacial score (nSPS) is 20.0. The molecule has 0 spiro atoms. The number of carbonyl (C=O) groups is 1. The number of rotatable bonds is 7. The van der Waals surface area contributed by atoms with Gasteiger partial charge in [-0.25, -0.2) is 8.42 Å². The summed E-state index contributed by atoms with van der Waals surface area (Å²) in [5.41, 5.74) is 0. The lowest BCUT2D eigenvalue weighted by Crippen LogP contribution is -2.41. The Morgan fingerprint density at radius 1 is 1.54 bits per heavy atom. The Morgan fingerprint density at radius 2 is 2.35 bits per heavy atom. The molecule has 26 heavy (non-hydrogen) atoms. The van der Waals surface area contributed by atoms with Gasteiger partial charge in [0.25, 0.3) is 0 Å². The zero-order valence-corrected chi connectivity index (χ0v) is 16.9. The van der Waals surface area contributed by atoms with Gasteiger partial charge in [0.2, 0.25) is 11.0 Å². The van der Waals surface area contributed by atoms with E-state index in [4.69, 9.17) is 4.42 Å². The smallest absolute Gasteiger partial charge is 0.235 e. The van der Waals surface area contributed by atoms with E-state index in [1.165, 1.54) is 23.1 Å². The summed E-state index contributed by atoms with van der Waals surface area (Å²) in [6.45, 7) is 2.31. The lowest BCUT2D eigenvalue weighted by molar-refractivity contribution is -0.130. The molecular weight excluding hydrogens is 396 g/mol. The molecule has 11 heteroatoms. The van der Waals surface area contributed by atoms with Gasteiger partial charge in [-0.3, -0.25) is 4.79 Å². The van der Waals surface area contributed by atoms with E-state index in [0.717, 1.165) is 5.76 Å². The Hall–Kier alpha value is -1.59. The van der Waals surface area contributed by atoms with Gasteiger partial charge < -0.3 is 14.6 Å². The van der Waals surface area contributed by atoms with Gasteiger partial charge in [-0.1, -0.05) is 23.1 Å². The number of nitrogens with one attached hydrogen (secondary N) is 1. The third-order valence-electron chi connectivity index (χ3n) is 4.13. The highest BCUT2D eigenvalue weighted by molar-refractivity contribution is 8.02. The van der Waals surface area contributed by atoms with E-state index in [1.54, 1.807) is 25.1 Å². The molecule has 0 unspecified atom stereocenters. The first-order chi connectivity index (χ1) is 12.3. The van der Waals surface area contributed by atoms with Crippen molar-refractivity contribution in [2.75, 3.05) is 23.9 Å². The number of anilines is 1. The standard InChI is InChI=1S/C15H20N4O4S3/c1-10(13(20)19(2)11-5-7-26(21,22)9-11)24-15-18-17-14(25-15)16-8-12-4-3-6-23-12/h3-4,6,10-11H,5,7-9H2,1-2H3,(H,16,17)/t10-,11+/m1/s1. The van der Waals surface area contributed by atoms with Crippen LogP contribution in [-0.2, 0) is 21.2 Å². The molecule has 1 N–H and O–H groups in total. The maximum absolute atomic E-state index is 12.6. The van der Waals surface area contributed by atoms with Gasteiger partial charge in [-0.05, 0) is 25.5 Å². The predicted octanol–water partition coefficient (Wildman–Crippen LogP) is 1.87. The molecule has 1 fully saturated rings. The maximum Gasteiger partial charge on any atom is 0.235 e. The zero-order valence-electron chi connectivity index (χ0n) is 14.4. The largest absolute Gasteiger partial charge is 0.467 e. The second-order valence-corrected chi connectivity index (χ2v) is 10.9. The molecule has 8 nitrogen and oxygen atoms in total. The summed E-state index contributed by atoms with van der Waals surface area (Å²) >= 11 is 2.69. The lowest BCUT2D eigenvalue weighted by Gasteiger charge is -2.25. The molecule has 1 aliphatic heterocycles. The number of nitrogens with zero attached hydrogens (tertiary/aromatic N) is 3. The third-order valence-corrected chi connectivity index (χ3v) is 7.93. The van der Waals surface area contributed by atoms with E-state index in [-0.39, 0.29) is 28.7 Å². The Kier molecular flexibility index (Phi) is 5.88. The minimum absolute atomic E-state index is 0.0479. The number of aromatic nitrogens is 2. The second-order valence-electron chi connectivity index (χ2n) is 6.07. The Balaban J connectivity index is 1.52. The summed E-state index contributed by atoms with van der Waals surface area (Å²) < 4.78 is 29.1. The van der Waals surface area contributed by atoms with Gasteiger partial charge >= 0.3 is 0 Å². The first-order valence-electron chi connectivity index (χ1n) is 8.07. The average molecular weight is 417 g/mol. The van der Waals surface area contributed by atoms with Crippen LogP contribution >= 0.6 is 23.1 Å². The minimum Gasteiger partial charge on any atom is -0.467 e. The van der Waals surface area contributed by atoms with Crippen LogP contribution in [0.2, 0.25) is 0 Å². The Morgan fingerprint density at radius 3 is 3.00 bits per heavy atom. The molecule has 2 atom stereocenters. The van der Waals surface area contributed by atoms with Crippen LogP contribution in [0.4, 0.5) is 5.13 Å². The minimum atomic E-state index is -3.02. The molecule has 2 aromatic rings. The molecule has 1 amide bonds. The highest BCUT2D eigenvalue weighted by Gasteiger charge is 2.34. The quantitative estimate of drug-likeness (QED) is 0.682. The monoisotopic (exact) mass is 416 g/mol. The van der Waals surface area contributed by atoms with Crippen molar-refractivity contribution in [3.05, 3.63) is 24.2 Å². The molecule has 0 aliphatic carbocycles. The van der Waals surface area contributed by atoms with Gasteiger partial charge in [0.15, 0.2) is 14.2 Å². The molecule has 1 saturated heterocycles. The average Bonchev–Trinajstić information content (AvgIpc) is 3.32. The number of hydrogen-bond donors (Lipinski definition) is 1. The van der Waals surface area contributed by atoms with Crippen molar-refractivity contribution in [1.82, 2.24) is 15.1 Å². The van der Waals surface area contributed by atoms with Gasteiger partial charge in [0.1, 0.15) is 5.76 Å². The van der Waals surface area contributed by atoms with Gasteiger partial charge in [0.05, 0.1) is 29.6 Å². The fourth-order valence-corrected chi connectivity index (χ4v) is 6.42. The number of sulfone groups is 1. The molecule has 2 aromatic heterocycles. The van der Waals surface area contributed by atoms with E-state index in [0.29, 0.717) is 22.4 Å². The van der Waals surface area contributed by atoms with Crippen LogP contribution in [0, 0.1) is 0 Å². The van der Waals surface area contributed by atoms with Gasteiger partial charge in [0, 0.05) is 13.1 Å². The van der Waals surface area contributed by atoms with Crippen molar-refractivity contribution in [3.8, 4) is 0 Å². The van der Waals surface area contributed by atoms with E-state index < -0.39 is 9.84 Å².